The van der Waals surface area contributed by atoms with Gasteiger partial charge in [0, 0.05) is 0 Å². The summed E-state index contributed by atoms with van der Waals surface area (Å²) < 4.78 is 0. The molecule has 0 aromatic heterocycles. The maximum Gasteiger partial charge on any atom is -0.0417 e. The number of hydrogen-bond donors (Lipinski definition) is 0. The zero-order valence-corrected chi connectivity index (χ0v) is 10.5. The maximum absolute atomic E-state index is 2.41. The van der Waals surface area contributed by atoms with Crippen LogP contribution in [0.15, 0.2) is 0 Å². The third kappa shape index (κ3) is 10.1. The summed E-state index contributed by atoms with van der Waals surface area (Å²) in [5.74, 6) is 0.955. The molecular formula is C14H29. The highest BCUT2D eigenvalue weighted by Gasteiger charge is 2.00. The van der Waals surface area contributed by atoms with Gasteiger partial charge >= 0.3 is 0 Å². The molecule has 0 aliphatic carbocycles. The quantitative estimate of drug-likeness (QED) is 0.413. The zero-order chi connectivity index (χ0) is 10.6. The van der Waals surface area contributed by atoms with E-state index < -0.39 is 0 Å². The first kappa shape index (κ1) is 14.0. The van der Waals surface area contributed by atoms with E-state index in [1.807, 2.05) is 0 Å². The molecule has 0 spiro atoms. The lowest BCUT2D eigenvalue weighted by molar-refractivity contribution is 0.444. The van der Waals surface area contributed by atoms with Crippen molar-refractivity contribution in [2.45, 2.75) is 78.6 Å². The van der Waals surface area contributed by atoms with Crippen molar-refractivity contribution >= 4 is 0 Å². The molecule has 0 saturated heterocycles. The van der Waals surface area contributed by atoms with E-state index in [1.165, 1.54) is 57.8 Å². The molecule has 0 heteroatoms. The van der Waals surface area contributed by atoms with Crippen LogP contribution in [-0.2, 0) is 0 Å². The summed E-state index contributed by atoms with van der Waals surface area (Å²) in [6.45, 7) is 6.86. The van der Waals surface area contributed by atoms with Crippen LogP contribution < -0.4 is 0 Å². The fraction of sp³-hybridized carbons (Fsp3) is 0.929. The monoisotopic (exact) mass is 197 g/mol. The fourth-order valence-electron chi connectivity index (χ4n) is 1.91. The van der Waals surface area contributed by atoms with E-state index in [9.17, 15) is 0 Å². The van der Waals surface area contributed by atoms with Crippen molar-refractivity contribution in [1.29, 1.82) is 0 Å². The van der Waals surface area contributed by atoms with E-state index in [1.54, 1.807) is 0 Å². The summed E-state index contributed by atoms with van der Waals surface area (Å²) in [7, 11) is 0. The van der Waals surface area contributed by atoms with Crippen molar-refractivity contribution in [3.63, 3.8) is 0 Å². The summed E-state index contributed by atoms with van der Waals surface area (Å²) in [5.41, 5.74) is 0. The second kappa shape index (κ2) is 11.1. The van der Waals surface area contributed by atoms with Crippen LogP contribution >= 0.6 is 0 Å². The molecule has 0 rings (SSSR count). The first-order chi connectivity index (χ1) is 6.81. The van der Waals surface area contributed by atoms with Gasteiger partial charge in [0.25, 0.3) is 0 Å². The van der Waals surface area contributed by atoms with E-state index in [-0.39, 0.29) is 0 Å². The van der Waals surface area contributed by atoms with Crippen LogP contribution in [0.2, 0.25) is 0 Å². The fourth-order valence-corrected chi connectivity index (χ4v) is 1.91. The minimum absolute atomic E-state index is 0.955. The Morgan fingerprint density at radius 1 is 0.929 bits per heavy atom. The molecule has 0 heterocycles. The van der Waals surface area contributed by atoms with E-state index in [4.69, 9.17) is 0 Å². The van der Waals surface area contributed by atoms with Crippen LogP contribution in [0, 0.1) is 12.3 Å². The third-order valence-electron chi connectivity index (χ3n) is 2.99. The molecule has 85 valence electrons. The molecule has 0 bridgehead atoms. The molecule has 1 radical (unpaired) electrons. The van der Waals surface area contributed by atoms with Crippen molar-refractivity contribution in [3.05, 3.63) is 6.42 Å². The molecule has 0 nitrogen and oxygen atoms in total. The first-order valence-corrected chi connectivity index (χ1v) is 6.59. The number of hydrogen-bond acceptors (Lipinski definition) is 0. The van der Waals surface area contributed by atoms with Gasteiger partial charge < -0.3 is 0 Å². The van der Waals surface area contributed by atoms with E-state index in [2.05, 4.69) is 27.2 Å². The molecule has 1 unspecified atom stereocenters. The summed E-state index contributed by atoms with van der Waals surface area (Å²) in [6, 6.07) is 0. The average molecular weight is 197 g/mol. The van der Waals surface area contributed by atoms with Gasteiger partial charge in [0.05, 0.1) is 0 Å². The van der Waals surface area contributed by atoms with Gasteiger partial charge in [0.1, 0.15) is 0 Å². The predicted molar refractivity (Wildman–Crippen MR) is 66.4 cm³/mol. The molecule has 0 aromatic carbocycles. The van der Waals surface area contributed by atoms with Crippen molar-refractivity contribution in [2.24, 2.45) is 5.92 Å². The van der Waals surface area contributed by atoms with Crippen LogP contribution in [-0.4, -0.2) is 0 Å². The molecule has 0 saturated carbocycles. The Balaban J connectivity index is 3.06. The summed E-state index contributed by atoms with van der Waals surface area (Å²) in [4.78, 5) is 0. The minimum Gasteiger partial charge on any atom is -0.0654 e. The highest BCUT2D eigenvalue weighted by molar-refractivity contribution is 4.59. The van der Waals surface area contributed by atoms with Crippen molar-refractivity contribution in [2.75, 3.05) is 0 Å². The van der Waals surface area contributed by atoms with E-state index in [0.29, 0.717) is 0 Å². The van der Waals surface area contributed by atoms with Gasteiger partial charge in [-0.05, 0) is 12.3 Å². The Labute approximate surface area is 91.5 Å². The number of rotatable bonds is 10. The molecule has 0 N–H and O–H groups in total. The highest BCUT2D eigenvalue weighted by atomic mass is 14.1. The lowest BCUT2D eigenvalue weighted by atomic mass is 9.96. The predicted octanol–water partition coefficient (Wildman–Crippen LogP) is 5.38. The summed E-state index contributed by atoms with van der Waals surface area (Å²) in [6.07, 6.45) is 15.0. The Kier molecular flexibility index (Phi) is 11.1. The summed E-state index contributed by atoms with van der Waals surface area (Å²) in [5, 5.41) is 0. The van der Waals surface area contributed by atoms with Crippen molar-refractivity contribution in [1.82, 2.24) is 0 Å². The Morgan fingerprint density at radius 2 is 1.57 bits per heavy atom. The van der Waals surface area contributed by atoms with Gasteiger partial charge in [-0.15, -0.1) is 0 Å². The standard InChI is InChI=1S/C14H29/c1-4-6-8-9-11-13-14(3)12-10-7-5-2/h5,14H,4,6-13H2,1-3H3. The van der Waals surface area contributed by atoms with Gasteiger partial charge in [-0.1, -0.05) is 78.6 Å². The Morgan fingerprint density at radius 3 is 2.21 bits per heavy atom. The first-order valence-electron chi connectivity index (χ1n) is 6.59. The van der Waals surface area contributed by atoms with Gasteiger partial charge in [-0.2, -0.15) is 0 Å². The van der Waals surface area contributed by atoms with E-state index in [0.717, 1.165) is 5.92 Å². The van der Waals surface area contributed by atoms with Crippen LogP contribution in [0.4, 0.5) is 0 Å². The molecule has 0 aromatic rings. The second-order valence-electron chi connectivity index (χ2n) is 4.65. The normalized spacial score (nSPS) is 13.1. The Bertz CT molecular complexity index is 96.2. The highest BCUT2D eigenvalue weighted by Crippen LogP contribution is 2.16. The van der Waals surface area contributed by atoms with E-state index >= 15 is 0 Å². The largest absolute Gasteiger partial charge is 0.0654 e. The molecule has 0 aliphatic rings. The average Bonchev–Trinajstić information content (AvgIpc) is 2.18. The van der Waals surface area contributed by atoms with Gasteiger partial charge in [0.15, 0.2) is 0 Å². The van der Waals surface area contributed by atoms with Crippen molar-refractivity contribution in [3.8, 4) is 0 Å². The second-order valence-corrected chi connectivity index (χ2v) is 4.65. The third-order valence-corrected chi connectivity index (χ3v) is 2.99. The van der Waals surface area contributed by atoms with Crippen LogP contribution in [0.25, 0.3) is 0 Å². The lowest BCUT2D eigenvalue weighted by Gasteiger charge is -2.10. The smallest absolute Gasteiger partial charge is 0.0417 e. The van der Waals surface area contributed by atoms with Gasteiger partial charge in [0.2, 0.25) is 0 Å². The molecule has 0 fully saturated rings. The number of unbranched alkanes of at least 4 members (excludes halogenated alkanes) is 6. The zero-order valence-electron chi connectivity index (χ0n) is 10.5. The Hall–Kier alpha value is 0. The van der Waals surface area contributed by atoms with Gasteiger partial charge in [-0.25, -0.2) is 0 Å². The maximum atomic E-state index is 2.41. The molecule has 0 aliphatic heterocycles. The van der Waals surface area contributed by atoms with Crippen molar-refractivity contribution < 1.29 is 0 Å². The minimum atomic E-state index is 0.955. The molecule has 14 heavy (non-hydrogen) atoms. The van der Waals surface area contributed by atoms with Crippen LogP contribution in [0.1, 0.15) is 78.6 Å². The summed E-state index contributed by atoms with van der Waals surface area (Å²) >= 11 is 0. The van der Waals surface area contributed by atoms with Crippen LogP contribution in [0.3, 0.4) is 0 Å². The molecule has 0 amide bonds. The molecular weight excluding hydrogens is 168 g/mol. The topological polar surface area (TPSA) is 0 Å². The molecule has 1 atom stereocenters. The van der Waals surface area contributed by atoms with Gasteiger partial charge in [-0.3, -0.25) is 0 Å². The SMILES string of the molecule is C[CH]CCCC(C)CCCCCCC. The lowest BCUT2D eigenvalue weighted by Crippen LogP contribution is -1.94. The van der Waals surface area contributed by atoms with Crippen LogP contribution in [0.5, 0.6) is 0 Å².